The van der Waals surface area contributed by atoms with E-state index >= 15 is 0 Å². The smallest absolute Gasteiger partial charge is 0.292 e. The maximum Gasteiger partial charge on any atom is 0.292 e. The second kappa shape index (κ2) is 9.00. The minimum absolute atomic E-state index is 0.0325. The Balaban J connectivity index is 1.80. The zero-order valence-corrected chi connectivity index (χ0v) is 14.4. The van der Waals surface area contributed by atoms with E-state index in [0.717, 1.165) is 16.9 Å². The Morgan fingerprint density at radius 2 is 2.08 bits per heavy atom. The third-order valence-electron chi connectivity index (χ3n) is 3.67. The van der Waals surface area contributed by atoms with Gasteiger partial charge in [0.25, 0.3) is 5.69 Å². The Morgan fingerprint density at radius 3 is 2.76 bits per heavy atom. The van der Waals surface area contributed by atoms with Crippen LogP contribution >= 0.6 is 0 Å². The molecule has 0 aliphatic rings. The standard InChI is InChI=1S/C18H23N3O4/c1-13-4-3-5-16(8-13)25-12-15(22)11-20-10-14-6-7-17(19-2)18(9-14)21(23)24/h3-9,15,19-20,22H,10-12H2,1-2H3. The van der Waals surface area contributed by atoms with Crippen LogP contribution < -0.4 is 15.4 Å². The SMILES string of the molecule is CNc1ccc(CNCC(O)COc2cccc(C)c2)cc1[N+](=O)[O-]. The highest BCUT2D eigenvalue weighted by molar-refractivity contribution is 5.62. The van der Waals surface area contributed by atoms with Gasteiger partial charge in [-0.05, 0) is 36.2 Å². The average Bonchev–Trinajstić information content (AvgIpc) is 2.60. The van der Waals surface area contributed by atoms with Crippen molar-refractivity contribution in [3.8, 4) is 5.75 Å². The molecule has 1 unspecified atom stereocenters. The molecule has 0 radical (unpaired) electrons. The van der Waals surface area contributed by atoms with Crippen LogP contribution in [-0.4, -0.2) is 36.3 Å². The molecule has 0 aromatic heterocycles. The van der Waals surface area contributed by atoms with Crippen LogP contribution in [0.25, 0.3) is 0 Å². The average molecular weight is 345 g/mol. The molecule has 0 fully saturated rings. The Labute approximate surface area is 146 Å². The number of aryl methyl sites for hydroxylation is 1. The van der Waals surface area contributed by atoms with Crippen LogP contribution in [0.5, 0.6) is 5.75 Å². The molecule has 2 aromatic carbocycles. The minimum atomic E-state index is -0.674. The second-order valence-electron chi connectivity index (χ2n) is 5.77. The lowest BCUT2D eigenvalue weighted by molar-refractivity contribution is -0.384. The molecule has 0 saturated carbocycles. The summed E-state index contributed by atoms with van der Waals surface area (Å²) in [7, 11) is 1.64. The highest BCUT2D eigenvalue weighted by atomic mass is 16.6. The number of nitro benzene ring substituents is 1. The number of nitrogens with zero attached hydrogens (tertiary/aromatic N) is 1. The molecule has 0 aliphatic heterocycles. The number of rotatable bonds is 9. The van der Waals surface area contributed by atoms with Gasteiger partial charge in [0.1, 0.15) is 24.1 Å². The van der Waals surface area contributed by atoms with E-state index in [-0.39, 0.29) is 12.3 Å². The number of aliphatic hydroxyl groups excluding tert-OH is 1. The van der Waals surface area contributed by atoms with Crippen LogP contribution in [0.4, 0.5) is 11.4 Å². The molecule has 134 valence electrons. The number of anilines is 1. The van der Waals surface area contributed by atoms with Gasteiger partial charge in [-0.1, -0.05) is 18.2 Å². The Kier molecular flexibility index (Phi) is 6.73. The lowest BCUT2D eigenvalue weighted by Gasteiger charge is -2.14. The van der Waals surface area contributed by atoms with Gasteiger partial charge in [-0.25, -0.2) is 0 Å². The van der Waals surface area contributed by atoms with Gasteiger partial charge in [0.05, 0.1) is 4.92 Å². The highest BCUT2D eigenvalue weighted by Gasteiger charge is 2.13. The third kappa shape index (κ3) is 5.74. The van der Waals surface area contributed by atoms with Gasteiger partial charge in [-0.15, -0.1) is 0 Å². The number of nitro groups is 1. The van der Waals surface area contributed by atoms with Crippen molar-refractivity contribution < 1.29 is 14.8 Å². The van der Waals surface area contributed by atoms with Gasteiger partial charge in [0.15, 0.2) is 0 Å². The fourth-order valence-electron chi connectivity index (χ4n) is 2.39. The van der Waals surface area contributed by atoms with Gasteiger partial charge in [-0.2, -0.15) is 0 Å². The number of hydrogen-bond acceptors (Lipinski definition) is 6. The number of aliphatic hydroxyl groups is 1. The van der Waals surface area contributed by atoms with E-state index in [1.54, 1.807) is 13.1 Å². The zero-order valence-electron chi connectivity index (χ0n) is 14.4. The fraction of sp³-hybridized carbons (Fsp3) is 0.333. The quantitative estimate of drug-likeness (QED) is 0.477. The highest BCUT2D eigenvalue weighted by Crippen LogP contribution is 2.24. The molecule has 3 N–H and O–H groups in total. The van der Waals surface area contributed by atoms with E-state index in [9.17, 15) is 15.2 Å². The molecule has 0 amide bonds. The van der Waals surface area contributed by atoms with Crippen molar-refractivity contribution in [3.63, 3.8) is 0 Å². The molecular weight excluding hydrogens is 322 g/mol. The molecule has 2 rings (SSSR count). The second-order valence-corrected chi connectivity index (χ2v) is 5.77. The first-order valence-electron chi connectivity index (χ1n) is 8.03. The molecule has 0 spiro atoms. The van der Waals surface area contributed by atoms with Crippen molar-refractivity contribution in [3.05, 3.63) is 63.7 Å². The first-order chi connectivity index (χ1) is 12.0. The Hall–Kier alpha value is -2.64. The van der Waals surface area contributed by atoms with Crippen LogP contribution in [0.1, 0.15) is 11.1 Å². The van der Waals surface area contributed by atoms with Crippen molar-refractivity contribution >= 4 is 11.4 Å². The van der Waals surface area contributed by atoms with Gasteiger partial charge in [0, 0.05) is 26.2 Å². The van der Waals surface area contributed by atoms with Gasteiger partial charge < -0.3 is 20.5 Å². The predicted molar refractivity (Wildman–Crippen MR) is 97.0 cm³/mol. The van der Waals surface area contributed by atoms with Gasteiger partial charge in [-0.3, -0.25) is 10.1 Å². The lowest BCUT2D eigenvalue weighted by atomic mass is 10.1. The largest absolute Gasteiger partial charge is 0.491 e. The number of hydrogen-bond donors (Lipinski definition) is 3. The predicted octanol–water partition coefficient (Wildman–Crippen LogP) is 2.47. The number of nitrogens with one attached hydrogen (secondary N) is 2. The maximum atomic E-state index is 11.0. The molecule has 7 heteroatoms. The maximum absolute atomic E-state index is 11.0. The normalized spacial score (nSPS) is 11.8. The van der Waals surface area contributed by atoms with Crippen molar-refractivity contribution in [2.24, 2.45) is 0 Å². The van der Waals surface area contributed by atoms with E-state index in [0.29, 0.717) is 18.8 Å². The Bertz CT molecular complexity index is 721. The number of benzene rings is 2. The summed E-state index contributed by atoms with van der Waals surface area (Å²) in [5, 5.41) is 26.9. The van der Waals surface area contributed by atoms with E-state index in [1.165, 1.54) is 6.07 Å². The van der Waals surface area contributed by atoms with E-state index < -0.39 is 11.0 Å². The van der Waals surface area contributed by atoms with Crippen molar-refractivity contribution in [1.82, 2.24) is 5.32 Å². The molecule has 0 bridgehead atoms. The first kappa shape index (κ1) is 18.7. The monoisotopic (exact) mass is 345 g/mol. The molecule has 2 aromatic rings. The van der Waals surface area contributed by atoms with Crippen LogP contribution in [0.15, 0.2) is 42.5 Å². The molecule has 0 saturated heterocycles. The van der Waals surface area contributed by atoms with E-state index in [2.05, 4.69) is 10.6 Å². The minimum Gasteiger partial charge on any atom is -0.491 e. The Morgan fingerprint density at radius 1 is 1.28 bits per heavy atom. The van der Waals surface area contributed by atoms with E-state index in [1.807, 2.05) is 37.3 Å². The molecule has 25 heavy (non-hydrogen) atoms. The van der Waals surface area contributed by atoms with Crippen LogP contribution in [-0.2, 0) is 6.54 Å². The van der Waals surface area contributed by atoms with Crippen molar-refractivity contribution in [2.75, 3.05) is 25.5 Å². The number of ether oxygens (including phenoxy) is 1. The molecule has 7 nitrogen and oxygen atoms in total. The summed E-state index contributed by atoms with van der Waals surface area (Å²) in [4.78, 5) is 10.6. The summed E-state index contributed by atoms with van der Waals surface area (Å²) < 4.78 is 5.54. The molecule has 1 atom stereocenters. The zero-order chi connectivity index (χ0) is 18.2. The summed E-state index contributed by atoms with van der Waals surface area (Å²) in [5.74, 6) is 0.720. The van der Waals surface area contributed by atoms with Gasteiger partial charge in [0.2, 0.25) is 0 Å². The lowest BCUT2D eigenvalue weighted by Crippen LogP contribution is -2.31. The van der Waals surface area contributed by atoms with Crippen molar-refractivity contribution in [2.45, 2.75) is 19.6 Å². The van der Waals surface area contributed by atoms with Crippen molar-refractivity contribution in [1.29, 1.82) is 0 Å². The summed E-state index contributed by atoms with van der Waals surface area (Å²) in [6.07, 6.45) is -0.674. The summed E-state index contributed by atoms with van der Waals surface area (Å²) >= 11 is 0. The fourth-order valence-corrected chi connectivity index (χ4v) is 2.39. The summed E-state index contributed by atoms with van der Waals surface area (Å²) in [5.41, 5.74) is 2.37. The first-order valence-corrected chi connectivity index (χ1v) is 8.03. The molecule has 0 aliphatic carbocycles. The van der Waals surface area contributed by atoms with E-state index in [4.69, 9.17) is 4.74 Å². The molecular formula is C18H23N3O4. The third-order valence-corrected chi connectivity index (χ3v) is 3.67. The van der Waals surface area contributed by atoms with Crippen LogP contribution in [0.2, 0.25) is 0 Å². The summed E-state index contributed by atoms with van der Waals surface area (Å²) in [6.45, 7) is 2.90. The van der Waals surface area contributed by atoms with Crippen LogP contribution in [0, 0.1) is 17.0 Å². The van der Waals surface area contributed by atoms with Gasteiger partial charge >= 0.3 is 0 Å². The topological polar surface area (TPSA) is 96.7 Å². The van der Waals surface area contributed by atoms with Crippen LogP contribution in [0.3, 0.4) is 0 Å². The summed E-state index contributed by atoms with van der Waals surface area (Å²) in [6, 6.07) is 12.6. The molecule has 0 heterocycles.